The fourth-order valence-electron chi connectivity index (χ4n) is 4.00. The molecule has 2 aromatic heterocycles. The van der Waals surface area contributed by atoms with E-state index in [9.17, 15) is 14.7 Å². The molecule has 1 aliphatic carbocycles. The lowest BCUT2D eigenvalue weighted by molar-refractivity contribution is -0.123. The molecule has 1 saturated carbocycles. The predicted octanol–water partition coefficient (Wildman–Crippen LogP) is 1.67. The van der Waals surface area contributed by atoms with Crippen LogP contribution in [0.4, 0.5) is 0 Å². The number of nitrogens with zero attached hydrogens (tertiary/aromatic N) is 3. The van der Waals surface area contributed by atoms with Crippen molar-refractivity contribution >= 4 is 5.91 Å². The summed E-state index contributed by atoms with van der Waals surface area (Å²) in [4.78, 5) is 28.6. The van der Waals surface area contributed by atoms with Crippen LogP contribution in [0, 0.1) is 5.92 Å². The van der Waals surface area contributed by atoms with Crippen LogP contribution in [0.15, 0.2) is 71.9 Å². The maximum Gasteiger partial charge on any atom is 0.250 e. The van der Waals surface area contributed by atoms with Gasteiger partial charge in [0.1, 0.15) is 12.4 Å². The van der Waals surface area contributed by atoms with Gasteiger partial charge in [0.2, 0.25) is 5.91 Å². The third kappa shape index (κ3) is 4.46. The van der Waals surface area contributed by atoms with Crippen LogP contribution >= 0.6 is 0 Å². The molecule has 1 unspecified atom stereocenters. The summed E-state index contributed by atoms with van der Waals surface area (Å²) in [6.45, 7) is 0.680. The molecule has 1 aliphatic rings. The maximum atomic E-state index is 12.3. The molecule has 29 heavy (non-hydrogen) atoms. The first-order chi connectivity index (χ1) is 14.1. The zero-order chi connectivity index (χ0) is 20.2. The molecule has 7 nitrogen and oxygen atoms in total. The van der Waals surface area contributed by atoms with E-state index in [2.05, 4.69) is 14.9 Å². The molecule has 7 heteroatoms. The van der Waals surface area contributed by atoms with Crippen molar-refractivity contribution in [3.05, 3.63) is 77.5 Å². The Morgan fingerprint density at radius 2 is 1.86 bits per heavy atom. The molecule has 4 rings (SSSR count). The van der Waals surface area contributed by atoms with Crippen molar-refractivity contribution in [1.82, 2.24) is 19.4 Å². The molecule has 0 radical (unpaired) electrons. The van der Waals surface area contributed by atoms with Crippen molar-refractivity contribution in [3.63, 3.8) is 0 Å². The molecule has 1 aromatic carbocycles. The number of aromatic nitrogens is 3. The van der Waals surface area contributed by atoms with E-state index in [0.29, 0.717) is 12.8 Å². The van der Waals surface area contributed by atoms with Crippen molar-refractivity contribution in [2.45, 2.75) is 38.1 Å². The summed E-state index contributed by atoms with van der Waals surface area (Å²) in [6, 6.07) is 14.5. The number of amides is 1. The molecule has 150 valence electrons. The van der Waals surface area contributed by atoms with E-state index >= 15 is 0 Å². The van der Waals surface area contributed by atoms with Gasteiger partial charge in [0, 0.05) is 36.8 Å². The van der Waals surface area contributed by atoms with Gasteiger partial charge in [0.15, 0.2) is 0 Å². The van der Waals surface area contributed by atoms with Crippen LogP contribution in [0.1, 0.15) is 12.8 Å². The first kappa shape index (κ1) is 19.1. The van der Waals surface area contributed by atoms with E-state index in [4.69, 9.17) is 0 Å². The highest BCUT2D eigenvalue weighted by atomic mass is 16.3. The standard InChI is InChI=1S/C22H24N4O3/c27-19-13-16(14-26-11-9-23-22(26)17-6-2-1-3-7-17)12-18(19)24-20(28)15-25-10-5-4-8-21(25)29/h1-11,16,18-19,27H,12-15H2,(H,24,28)/t16?,18-,19-/m1/s1. The highest BCUT2D eigenvalue weighted by molar-refractivity contribution is 5.76. The molecule has 1 fully saturated rings. The Morgan fingerprint density at radius 3 is 2.66 bits per heavy atom. The van der Waals surface area contributed by atoms with Crippen LogP contribution in [0.2, 0.25) is 0 Å². The monoisotopic (exact) mass is 392 g/mol. The third-order valence-corrected chi connectivity index (χ3v) is 5.39. The number of pyridine rings is 1. The van der Waals surface area contributed by atoms with Gasteiger partial charge >= 0.3 is 0 Å². The Balaban J connectivity index is 1.37. The number of hydrogen-bond donors (Lipinski definition) is 2. The zero-order valence-corrected chi connectivity index (χ0v) is 16.0. The topological polar surface area (TPSA) is 89.2 Å². The summed E-state index contributed by atoms with van der Waals surface area (Å²) < 4.78 is 3.45. The predicted molar refractivity (Wildman–Crippen MR) is 109 cm³/mol. The lowest BCUT2D eigenvalue weighted by Crippen LogP contribution is -2.42. The van der Waals surface area contributed by atoms with Crippen LogP contribution in [0.25, 0.3) is 11.4 Å². The van der Waals surface area contributed by atoms with Crippen LogP contribution in [0.5, 0.6) is 0 Å². The van der Waals surface area contributed by atoms with E-state index in [-0.39, 0.29) is 30.0 Å². The van der Waals surface area contributed by atoms with Crippen LogP contribution < -0.4 is 10.9 Å². The number of hydrogen-bond acceptors (Lipinski definition) is 4. The zero-order valence-electron chi connectivity index (χ0n) is 16.0. The van der Waals surface area contributed by atoms with Gasteiger partial charge in [-0.25, -0.2) is 4.98 Å². The van der Waals surface area contributed by atoms with Crippen molar-refractivity contribution in [3.8, 4) is 11.4 Å². The maximum absolute atomic E-state index is 12.3. The Labute approximate surface area is 168 Å². The summed E-state index contributed by atoms with van der Waals surface area (Å²) in [7, 11) is 0. The fraction of sp³-hybridized carbons (Fsp3) is 0.318. The first-order valence-electron chi connectivity index (χ1n) is 9.79. The van der Waals surface area contributed by atoms with Crippen LogP contribution in [0.3, 0.4) is 0 Å². The molecular formula is C22H24N4O3. The van der Waals surface area contributed by atoms with Gasteiger partial charge in [-0.05, 0) is 24.8 Å². The molecule has 3 aromatic rings. The largest absolute Gasteiger partial charge is 0.391 e. The van der Waals surface area contributed by atoms with Crippen molar-refractivity contribution in [2.75, 3.05) is 0 Å². The smallest absolute Gasteiger partial charge is 0.250 e. The van der Waals surface area contributed by atoms with Gasteiger partial charge < -0.3 is 19.6 Å². The van der Waals surface area contributed by atoms with Crippen molar-refractivity contribution in [2.24, 2.45) is 5.92 Å². The molecule has 2 N–H and O–H groups in total. The molecular weight excluding hydrogens is 368 g/mol. The van der Waals surface area contributed by atoms with Gasteiger partial charge in [0.25, 0.3) is 5.56 Å². The Kier molecular flexibility index (Phi) is 5.57. The number of aliphatic hydroxyl groups excluding tert-OH is 1. The second kappa shape index (κ2) is 8.45. The summed E-state index contributed by atoms with van der Waals surface area (Å²) >= 11 is 0. The Morgan fingerprint density at radius 1 is 1.07 bits per heavy atom. The number of imidazole rings is 1. The van der Waals surface area contributed by atoms with Gasteiger partial charge in [-0.3, -0.25) is 9.59 Å². The molecule has 0 aliphatic heterocycles. The van der Waals surface area contributed by atoms with E-state index in [1.54, 1.807) is 24.5 Å². The average molecular weight is 392 g/mol. The normalized spacial score (nSPS) is 21.2. The van der Waals surface area contributed by atoms with Crippen LogP contribution in [-0.2, 0) is 17.9 Å². The second-order valence-corrected chi connectivity index (χ2v) is 7.51. The second-order valence-electron chi connectivity index (χ2n) is 7.51. The minimum atomic E-state index is -0.597. The van der Waals surface area contributed by atoms with E-state index in [0.717, 1.165) is 17.9 Å². The van der Waals surface area contributed by atoms with Gasteiger partial charge in [0.05, 0.1) is 12.1 Å². The van der Waals surface area contributed by atoms with E-state index in [1.165, 1.54) is 10.6 Å². The minimum Gasteiger partial charge on any atom is -0.391 e. The van der Waals surface area contributed by atoms with Gasteiger partial charge in [-0.1, -0.05) is 36.4 Å². The third-order valence-electron chi connectivity index (χ3n) is 5.39. The van der Waals surface area contributed by atoms with E-state index in [1.807, 2.05) is 36.5 Å². The molecule has 0 bridgehead atoms. The quantitative estimate of drug-likeness (QED) is 0.668. The number of carbonyl (C=O) groups excluding carboxylic acids is 1. The number of carbonyl (C=O) groups is 1. The van der Waals surface area contributed by atoms with Crippen molar-refractivity contribution in [1.29, 1.82) is 0 Å². The highest BCUT2D eigenvalue weighted by Crippen LogP contribution is 2.29. The van der Waals surface area contributed by atoms with Crippen molar-refractivity contribution < 1.29 is 9.90 Å². The summed E-state index contributed by atoms with van der Waals surface area (Å²) in [5.74, 6) is 0.859. The summed E-state index contributed by atoms with van der Waals surface area (Å²) in [5.41, 5.74) is 0.829. The number of aliphatic hydroxyl groups is 1. The van der Waals surface area contributed by atoms with Crippen LogP contribution in [-0.4, -0.2) is 37.3 Å². The van der Waals surface area contributed by atoms with Gasteiger partial charge in [-0.2, -0.15) is 0 Å². The van der Waals surface area contributed by atoms with Gasteiger partial charge in [-0.15, -0.1) is 0 Å². The number of rotatable bonds is 6. The SMILES string of the molecule is O=C(Cn1ccccc1=O)N[C@@H]1CC(Cn2ccnc2-c2ccccc2)C[C@H]1O. The minimum absolute atomic E-state index is 0.0484. The molecule has 1 amide bonds. The molecule has 3 atom stereocenters. The number of nitrogens with one attached hydrogen (secondary N) is 1. The van der Waals surface area contributed by atoms with E-state index < -0.39 is 6.10 Å². The first-order valence-corrected chi connectivity index (χ1v) is 9.79. The summed E-state index contributed by atoms with van der Waals surface area (Å²) in [5, 5.41) is 13.3. The lowest BCUT2D eigenvalue weighted by atomic mass is 10.1. The summed E-state index contributed by atoms with van der Waals surface area (Å²) in [6.07, 6.45) is 6.01. The number of benzene rings is 1. The fourth-order valence-corrected chi connectivity index (χ4v) is 4.00. The Hall–Kier alpha value is -3.19. The molecule has 2 heterocycles. The highest BCUT2D eigenvalue weighted by Gasteiger charge is 2.34. The Bertz CT molecular complexity index is 1030. The molecule has 0 spiro atoms. The lowest BCUT2D eigenvalue weighted by Gasteiger charge is -2.17. The molecule has 0 saturated heterocycles. The average Bonchev–Trinajstić information content (AvgIpc) is 3.31.